The van der Waals surface area contributed by atoms with Crippen LogP contribution in [0, 0.1) is 6.92 Å². The van der Waals surface area contributed by atoms with Gasteiger partial charge in [0.1, 0.15) is 5.76 Å². The number of piperazine rings is 1. The first-order valence-corrected chi connectivity index (χ1v) is 5.65. The molecule has 0 amide bonds. The Balaban J connectivity index is 1.82. The van der Waals surface area contributed by atoms with E-state index in [0.29, 0.717) is 0 Å². The van der Waals surface area contributed by atoms with Crippen LogP contribution in [0.5, 0.6) is 0 Å². The molecule has 1 aliphatic heterocycles. The first kappa shape index (κ1) is 10.6. The third-order valence-corrected chi connectivity index (χ3v) is 2.97. The predicted molar refractivity (Wildman–Crippen MR) is 58.6 cm³/mol. The Kier molecular flexibility index (Phi) is 3.38. The summed E-state index contributed by atoms with van der Waals surface area (Å²) in [6.45, 7) is 10.9. The molecule has 15 heavy (non-hydrogen) atoms. The van der Waals surface area contributed by atoms with E-state index in [1.165, 1.54) is 13.1 Å². The molecule has 1 aromatic heterocycles. The maximum absolute atomic E-state index is 5.06. The van der Waals surface area contributed by atoms with Crippen molar-refractivity contribution in [1.29, 1.82) is 0 Å². The van der Waals surface area contributed by atoms with Gasteiger partial charge in [0.05, 0.1) is 5.69 Å². The molecule has 0 spiro atoms. The SMILES string of the molecule is CCN1CCN(Cc2cc(C)on2)CC1. The second kappa shape index (κ2) is 4.77. The van der Waals surface area contributed by atoms with Gasteiger partial charge in [0.15, 0.2) is 0 Å². The second-order valence-electron chi connectivity index (χ2n) is 4.14. The van der Waals surface area contributed by atoms with Crippen molar-refractivity contribution in [2.24, 2.45) is 0 Å². The monoisotopic (exact) mass is 209 g/mol. The highest BCUT2D eigenvalue weighted by molar-refractivity contribution is 5.03. The summed E-state index contributed by atoms with van der Waals surface area (Å²) in [5, 5.41) is 4.02. The van der Waals surface area contributed by atoms with Gasteiger partial charge in [-0.2, -0.15) is 0 Å². The lowest BCUT2D eigenvalue weighted by Gasteiger charge is -2.33. The molecule has 0 saturated carbocycles. The zero-order valence-corrected chi connectivity index (χ0v) is 9.57. The van der Waals surface area contributed by atoms with E-state index in [-0.39, 0.29) is 0 Å². The molecular formula is C11H19N3O. The van der Waals surface area contributed by atoms with Crippen molar-refractivity contribution in [1.82, 2.24) is 15.0 Å². The van der Waals surface area contributed by atoms with E-state index >= 15 is 0 Å². The lowest BCUT2D eigenvalue weighted by molar-refractivity contribution is 0.129. The quantitative estimate of drug-likeness (QED) is 0.747. The molecule has 1 aromatic rings. The third-order valence-electron chi connectivity index (χ3n) is 2.97. The summed E-state index contributed by atoms with van der Waals surface area (Å²) < 4.78 is 5.06. The molecule has 2 heterocycles. The molecule has 2 rings (SSSR count). The van der Waals surface area contributed by atoms with Crippen LogP contribution in [0.15, 0.2) is 10.6 Å². The highest BCUT2D eigenvalue weighted by atomic mass is 16.5. The van der Waals surface area contributed by atoms with Gasteiger partial charge in [-0.05, 0) is 13.5 Å². The Hall–Kier alpha value is -0.870. The van der Waals surface area contributed by atoms with Crippen molar-refractivity contribution < 1.29 is 4.52 Å². The lowest BCUT2D eigenvalue weighted by Crippen LogP contribution is -2.45. The van der Waals surface area contributed by atoms with Crippen molar-refractivity contribution >= 4 is 0 Å². The lowest BCUT2D eigenvalue weighted by atomic mass is 10.3. The van der Waals surface area contributed by atoms with Crippen LogP contribution in [0.25, 0.3) is 0 Å². The smallest absolute Gasteiger partial charge is 0.133 e. The molecule has 0 bridgehead atoms. The molecule has 4 heteroatoms. The molecule has 0 aliphatic carbocycles. The molecule has 1 saturated heterocycles. The summed E-state index contributed by atoms with van der Waals surface area (Å²) in [5.41, 5.74) is 1.05. The zero-order valence-electron chi connectivity index (χ0n) is 9.57. The van der Waals surface area contributed by atoms with Crippen molar-refractivity contribution in [2.75, 3.05) is 32.7 Å². The fraction of sp³-hybridized carbons (Fsp3) is 0.727. The summed E-state index contributed by atoms with van der Waals surface area (Å²) >= 11 is 0. The van der Waals surface area contributed by atoms with Gasteiger partial charge < -0.3 is 9.42 Å². The van der Waals surface area contributed by atoms with Crippen LogP contribution >= 0.6 is 0 Å². The highest BCUT2D eigenvalue weighted by Gasteiger charge is 2.16. The van der Waals surface area contributed by atoms with Crippen LogP contribution < -0.4 is 0 Å². The Morgan fingerprint density at radius 1 is 1.27 bits per heavy atom. The summed E-state index contributed by atoms with van der Waals surface area (Å²) in [5.74, 6) is 0.900. The molecular weight excluding hydrogens is 190 g/mol. The third kappa shape index (κ3) is 2.79. The van der Waals surface area contributed by atoms with Crippen LogP contribution in [0.4, 0.5) is 0 Å². The second-order valence-corrected chi connectivity index (χ2v) is 4.14. The Bertz CT molecular complexity index is 303. The summed E-state index contributed by atoms with van der Waals surface area (Å²) in [6.07, 6.45) is 0. The van der Waals surface area contributed by atoms with Crippen LogP contribution in [0.3, 0.4) is 0 Å². The summed E-state index contributed by atoms with van der Waals surface area (Å²) in [6, 6.07) is 2.02. The minimum absolute atomic E-state index is 0.900. The minimum Gasteiger partial charge on any atom is -0.361 e. The number of aromatic nitrogens is 1. The van der Waals surface area contributed by atoms with E-state index in [9.17, 15) is 0 Å². The summed E-state index contributed by atoms with van der Waals surface area (Å²) in [7, 11) is 0. The fourth-order valence-electron chi connectivity index (χ4n) is 1.99. The van der Waals surface area contributed by atoms with E-state index in [1.54, 1.807) is 0 Å². The molecule has 0 atom stereocenters. The van der Waals surface area contributed by atoms with Crippen LogP contribution in [-0.4, -0.2) is 47.7 Å². The molecule has 0 N–H and O–H groups in total. The normalized spacial score (nSPS) is 19.6. The van der Waals surface area contributed by atoms with E-state index in [0.717, 1.165) is 37.6 Å². The Morgan fingerprint density at radius 3 is 2.47 bits per heavy atom. The van der Waals surface area contributed by atoms with Crippen LogP contribution in [0.2, 0.25) is 0 Å². The number of likely N-dealkylation sites (N-methyl/N-ethyl adjacent to an activating group) is 1. The first-order chi connectivity index (χ1) is 7.28. The van der Waals surface area contributed by atoms with Gasteiger partial charge >= 0.3 is 0 Å². The van der Waals surface area contributed by atoms with E-state index in [1.807, 2.05) is 13.0 Å². The van der Waals surface area contributed by atoms with Gasteiger partial charge in [0.2, 0.25) is 0 Å². The maximum atomic E-state index is 5.06. The van der Waals surface area contributed by atoms with Gasteiger partial charge in [-0.1, -0.05) is 12.1 Å². The molecule has 1 aliphatic rings. The average molecular weight is 209 g/mol. The van der Waals surface area contributed by atoms with E-state index in [2.05, 4.69) is 21.9 Å². The summed E-state index contributed by atoms with van der Waals surface area (Å²) in [4.78, 5) is 4.91. The minimum atomic E-state index is 0.900. The van der Waals surface area contributed by atoms with Crippen molar-refractivity contribution in [3.05, 3.63) is 17.5 Å². The predicted octanol–water partition coefficient (Wildman–Crippen LogP) is 1.12. The van der Waals surface area contributed by atoms with Gasteiger partial charge in [-0.15, -0.1) is 0 Å². The van der Waals surface area contributed by atoms with Crippen molar-refractivity contribution in [3.63, 3.8) is 0 Å². The molecule has 1 fully saturated rings. The highest BCUT2D eigenvalue weighted by Crippen LogP contribution is 2.08. The Morgan fingerprint density at radius 2 is 1.93 bits per heavy atom. The molecule has 4 nitrogen and oxygen atoms in total. The van der Waals surface area contributed by atoms with Crippen LogP contribution in [0.1, 0.15) is 18.4 Å². The van der Waals surface area contributed by atoms with E-state index in [4.69, 9.17) is 4.52 Å². The molecule has 84 valence electrons. The van der Waals surface area contributed by atoms with Crippen molar-refractivity contribution in [2.45, 2.75) is 20.4 Å². The number of rotatable bonds is 3. The number of hydrogen-bond acceptors (Lipinski definition) is 4. The number of aryl methyl sites for hydroxylation is 1. The molecule has 0 radical (unpaired) electrons. The maximum Gasteiger partial charge on any atom is 0.133 e. The zero-order chi connectivity index (χ0) is 10.7. The number of nitrogens with zero attached hydrogens (tertiary/aromatic N) is 3. The van der Waals surface area contributed by atoms with Crippen molar-refractivity contribution in [3.8, 4) is 0 Å². The largest absolute Gasteiger partial charge is 0.361 e. The van der Waals surface area contributed by atoms with Gasteiger partial charge in [-0.3, -0.25) is 4.90 Å². The molecule has 0 unspecified atom stereocenters. The fourth-order valence-corrected chi connectivity index (χ4v) is 1.99. The van der Waals surface area contributed by atoms with Gasteiger partial charge in [0.25, 0.3) is 0 Å². The Labute approximate surface area is 90.8 Å². The first-order valence-electron chi connectivity index (χ1n) is 5.65. The molecule has 0 aromatic carbocycles. The standard InChI is InChI=1S/C11H19N3O/c1-3-13-4-6-14(7-5-13)9-11-8-10(2)15-12-11/h8H,3-7,9H2,1-2H3. The number of hydrogen-bond donors (Lipinski definition) is 0. The van der Waals surface area contributed by atoms with Gasteiger partial charge in [0, 0.05) is 38.8 Å². The average Bonchev–Trinajstić information content (AvgIpc) is 2.65. The van der Waals surface area contributed by atoms with E-state index < -0.39 is 0 Å². The van der Waals surface area contributed by atoms with Gasteiger partial charge in [-0.25, -0.2) is 0 Å². The topological polar surface area (TPSA) is 32.5 Å². The van der Waals surface area contributed by atoms with Crippen LogP contribution in [-0.2, 0) is 6.54 Å².